The number of ether oxygens (including phenoxy) is 1. The molecule has 1 heterocycles. The molecule has 0 bridgehead atoms. The van der Waals surface area contributed by atoms with E-state index in [0.717, 1.165) is 43.9 Å². The van der Waals surface area contributed by atoms with Crippen LogP contribution in [0.2, 0.25) is 0 Å². The van der Waals surface area contributed by atoms with Crippen LogP contribution in [-0.2, 0) is 9.53 Å². The van der Waals surface area contributed by atoms with E-state index < -0.39 is 4.75 Å². The molecule has 0 aromatic heterocycles. The molecule has 1 unspecified atom stereocenters. The number of carbonyl (C=O) groups excluding carboxylic acids is 1. The van der Waals surface area contributed by atoms with Crippen LogP contribution in [-0.4, -0.2) is 53.0 Å². The summed E-state index contributed by atoms with van der Waals surface area (Å²) >= 11 is 1.76. The lowest BCUT2D eigenvalue weighted by Crippen LogP contribution is -2.40. The van der Waals surface area contributed by atoms with E-state index in [2.05, 4.69) is 57.6 Å². The lowest BCUT2D eigenvalue weighted by molar-refractivity contribution is -0.537. The van der Waals surface area contributed by atoms with Gasteiger partial charge >= 0.3 is 0 Å². The molecule has 0 aliphatic carbocycles. The first-order chi connectivity index (χ1) is 12.9. The fourth-order valence-electron chi connectivity index (χ4n) is 3.23. The van der Waals surface area contributed by atoms with Crippen molar-refractivity contribution in [3.05, 3.63) is 11.8 Å². The maximum atomic E-state index is 12.9. The van der Waals surface area contributed by atoms with Crippen LogP contribution in [0.1, 0.15) is 74.7 Å². The van der Waals surface area contributed by atoms with Crippen LogP contribution in [0, 0.1) is 11.3 Å². The predicted octanol–water partition coefficient (Wildman–Crippen LogP) is 4.87. The van der Waals surface area contributed by atoms with Crippen LogP contribution in [0.25, 0.3) is 0 Å². The van der Waals surface area contributed by atoms with E-state index in [-0.39, 0.29) is 11.3 Å². The van der Waals surface area contributed by atoms with Gasteiger partial charge in [0.2, 0.25) is 5.91 Å². The van der Waals surface area contributed by atoms with E-state index in [9.17, 15) is 4.79 Å². The van der Waals surface area contributed by atoms with Crippen molar-refractivity contribution in [1.29, 1.82) is 0 Å². The molecule has 162 valence electrons. The molecular formula is C23H43N2O2S+. The number of amides is 1. The Morgan fingerprint density at radius 2 is 1.82 bits per heavy atom. The van der Waals surface area contributed by atoms with E-state index in [1.807, 2.05) is 20.8 Å². The average Bonchev–Trinajstić information content (AvgIpc) is 2.63. The Morgan fingerprint density at radius 1 is 1.25 bits per heavy atom. The van der Waals surface area contributed by atoms with Gasteiger partial charge in [-0.05, 0) is 52.2 Å². The molecule has 1 atom stereocenters. The minimum atomic E-state index is -0.447. The van der Waals surface area contributed by atoms with Gasteiger partial charge in [0.15, 0.2) is 5.71 Å². The van der Waals surface area contributed by atoms with Gasteiger partial charge in [0.05, 0.1) is 4.75 Å². The van der Waals surface area contributed by atoms with Gasteiger partial charge in [-0.15, -0.1) is 11.8 Å². The molecule has 0 radical (unpaired) electrons. The first-order valence-electron chi connectivity index (χ1n) is 10.7. The minimum Gasteiger partial charge on any atom is -0.381 e. The van der Waals surface area contributed by atoms with Gasteiger partial charge in [0.25, 0.3) is 0 Å². The molecule has 0 aromatic carbocycles. The first-order valence-corrected chi connectivity index (χ1v) is 11.7. The van der Waals surface area contributed by atoms with E-state index in [1.54, 1.807) is 11.8 Å². The third-order valence-electron chi connectivity index (χ3n) is 5.63. The van der Waals surface area contributed by atoms with Crippen LogP contribution in [0.3, 0.4) is 0 Å². The van der Waals surface area contributed by atoms with Crippen LogP contribution < -0.4 is 5.32 Å². The molecule has 1 saturated heterocycles. The normalized spacial score (nSPS) is 19.2. The van der Waals surface area contributed by atoms with E-state index in [0.29, 0.717) is 12.0 Å². The third kappa shape index (κ3) is 7.90. The maximum absolute atomic E-state index is 12.9. The molecule has 5 heteroatoms. The van der Waals surface area contributed by atoms with Crippen molar-refractivity contribution in [2.45, 2.75) is 85.4 Å². The fraction of sp³-hybridized carbons (Fsp3) is 0.826. The SMILES string of the molecule is CCC(C)[N+](C)=C(C=C(C)NC(=O)C(C)(C)SCC1CCOCC1)C(C)(C)C. The maximum Gasteiger partial charge on any atom is 0.239 e. The van der Waals surface area contributed by atoms with E-state index in [4.69, 9.17) is 4.74 Å². The smallest absolute Gasteiger partial charge is 0.239 e. The molecule has 4 nitrogen and oxygen atoms in total. The van der Waals surface area contributed by atoms with Crippen LogP contribution in [0.15, 0.2) is 11.8 Å². The van der Waals surface area contributed by atoms with Crippen molar-refractivity contribution in [3.63, 3.8) is 0 Å². The molecule has 0 aromatic rings. The Hall–Kier alpha value is -0.810. The molecule has 1 rings (SSSR count). The molecule has 0 saturated carbocycles. The second-order valence-corrected chi connectivity index (χ2v) is 11.3. The second-order valence-electron chi connectivity index (χ2n) is 9.66. The number of carbonyl (C=O) groups is 1. The molecule has 1 aliphatic rings. The second kappa shape index (κ2) is 10.8. The molecule has 1 fully saturated rings. The number of nitrogens with one attached hydrogen (secondary N) is 1. The number of thioether (sulfide) groups is 1. The highest BCUT2D eigenvalue weighted by atomic mass is 32.2. The lowest BCUT2D eigenvalue weighted by atomic mass is 9.88. The average molecular weight is 412 g/mol. The number of allylic oxidation sites excluding steroid dienone is 2. The first kappa shape index (κ1) is 25.2. The van der Waals surface area contributed by atoms with Gasteiger partial charge in [-0.2, -0.15) is 0 Å². The van der Waals surface area contributed by atoms with Crippen molar-refractivity contribution in [2.75, 3.05) is 26.0 Å². The summed E-state index contributed by atoms with van der Waals surface area (Å²) in [6.45, 7) is 18.9. The van der Waals surface area contributed by atoms with Crippen molar-refractivity contribution >= 4 is 23.4 Å². The number of rotatable bonds is 8. The van der Waals surface area contributed by atoms with Gasteiger partial charge in [0, 0.05) is 36.8 Å². The summed E-state index contributed by atoms with van der Waals surface area (Å²) in [4.78, 5) is 12.9. The molecule has 0 spiro atoms. The van der Waals surface area contributed by atoms with Crippen LogP contribution in [0.4, 0.5) is 0 Å². The summed E-state index contributed by atoms with van der Waals surface area (Å²) in [5, 5.41) is 3.15. The number of hydrogen-bond acceptors (Lipinski definition) is 3. The third-order valence-corrected chi connectivity index (χ3v) is 7.18. The van der Waals surface area contributed by atoms with Gasteiger partial charge in [0.1, 0.15) is 13.1 Å². The van der Waals surface area contributed by atoms with Gasteiger partial charge < -0.3 is 10.1 Å². The lowest BCUT2D eigenvalue weighted by Gasteiger charge is -2.28. The van der Waals surface area contributed by atoms with Crippen LogP contribution in [0.5, 0.6) is 0 Å². The fourth-order valence-corrected chi connectivity index (χ4v) is 4.40. The summed E-state index contributed by atoms with van der Waals surface area (Å²) in [5.74, 6) is 1.76. The zero-order chi connectivity index (χ0) is 21.5. The molecule has 1 N–H and O–H groups in total. The van der Waals surface area contributed by atoms with Crippen molar-refractivity contribution in [2.24, 2.45) is 11.3 Å². The van der Waals surface area contributed by atoms with Crippen molar-refractivity contribution in [1.82, 2.24) is 5.32 Å². The highest BCUT2D eigenvalue weighted by Crippen LogP contribution is 2.30. The largest absolute Gasteiger partial charge is 0.381 e. The summed E-state index contributed by atoms with van der Waals surface area (Å²) < 4.78 is 7.33. The Kier molecular flexibility index (Phi) is 9.75. The molecule has 1 amide bonds. The van der Waals surface area contributed by atoms with Gasteiger partial charge in [-0.25, -0.2) is 4.58 Å². The highest BCUT2D eigenvalue weighted by Gasteiger charge is 2.31. The Bertz CT molecular complexity index is 582. The molecule has 28 heavy (non-hydrogen) atoms. The molecular weight excluding hydrogens is 368 g/mol. The summed E-state index contributed by atoms with van der Waals surface area (Å²) in [5.41, 5.74) is 2.16. The Morgan fingerprint density at radius 3 is 2.32 bits per heavy atom. The summed E-state index contributed by atoms with van der Waals surface area (Å²) in [6, 6.07) is 0.459. The Labute approximate surface area is 177 Å². The Balaban J connectivity index is 2.83. The van der Waals surface area contributed by atoms with Gasteiger partial charge in [-0.1, -0.05) is 27.7 Å². The zero-order valence-corrected chi connectivity index (χ0v) is 20.5. The molecule has 1 aliphatic heterocycles. The zero-order valence-electron chi connectivity index (χ0n) is 19.6. The van der Waals surface area contributed by atoms with E-state index >= 15 is 0 Å². The topological polar surface area (TPSA) is 41.3 Å². The standard InChI is InChI=1S/C23H42N2O2S/c1-10-18(3)25(9)20(22(4,5)6)15-17(2)24-21(26)23(7,8)28-16-19-11-13-27-14-12-19/h15,18-19H,10-14,16H2,1-9H3/p+1. The van der Waals surface area contributed by atoms with Crippen LogP contribution >= 0.6 is 11.8 Å². The van der Waals surface area contributed by atoms with Crippen molar-refractivity contribution in [3.8, 4) is 0 Å². The number of hydrogen-bond donors (Lipinski definition) is 1. The predicted molar refractivity (Wildman–Crippen MR) is 122 cm³/mol. The number of nitrogens with zero attached hydrogens (tertiary/aromatic N) is 1. The van der Waals surface area contributed by atoms with Gasteiger partial charge in [-0.3, -0.25) is 4.79 Å². The van der Waals surface area contributed by atoms with E-state index in [1.165, 1.54) is 5.71 Å². The highest BCUT2D eigenvalue weighted by molar-refractivity contribution is 8.01. The van der Waals surface area contributed by atoms with Crippen molar-refractivity contribution < 1.29 is 14.1 Å². The monoisotopic (exact) mass is 411 g/mol. The minimum absolute atomic E-state index is 0.0114. The summed E-state index contributed by atoms with van der Waals surface area (Å²) in [6.07, 6.45) is 5.44. The summed E-state index contributed by atoms with van der Waals surface area (Å²) in [7, 11) is 2.15. The quantitative estimate of drug-likeness (QED) is 0.457.